The molecular weight excluding hydrogens is 436 g/mol. The molecule has 100 valence electrons. The Morgan fingerprint density at radius 3 is 2.06 bits per heavy atom. The van der Waals surface area contributed by atoms with Crippen molar-refractivity contribution in [3.63, 3.8) is 0 Å². The van der Waals surface area contributed by atoms with Gasteiger partial charge in [-0.05, 0) is 50.4 Å². The average Bonchev–Trinajstić information content (AvgIpc) is 2.26. The topological polar surface area (TPSA) is 92.4 Å². The Kier molecular flexibility index (Phi) is 7.69. The van der Waals surface area contributed by atoms with E-state index in [4.69, 9.17) is 5.11 Å². The molecule has 0 aliphatic rings. The third-order valence-corrected chi connectivity index (χ3v) is 4.26. The molecule has 0 aromatic heterocycles. The Hall–Kier alpha value is -0.440. The van der Waals surface area contributed by atoms with E-state index in [1.165, 1.54) is 6.92 Å². The fourth-order valence-corrected chi connectivity index (χ4v) is 3.34. The minimum Gasteiger partial charge on any atom is -0.478 e. The molecule has 0 fully saturated rings. The monoisotopic (exact) mass is 444 g/mol. The van der Waals surface area contributed by atoms with Gasteiger partial charge in [-0.15, -0.1) is 0 Å². The summed E-state index contributed by atoms with van der Waals surface area (Å²) in [5.74, 6) is 3.40. The van der Waals surface area contributed by atoms with Gasteiger partial charge in [0, 0.05) is 20.3 Å². The maximum Gasteiger partial charge on any atom is 0.338 e. The molecule has 0 saturated carbocycles. The fraction of sp³-hybridized carbons (Fsp3) is 0.200. The third-order valence-electron chi connectivity index (χ3n) is 1.82. The van der Waals surface area contributed by atoms with Gasteiger partial charge in [-0.3, -0.25) is 10.2 Å². The Morgan fingerprint density at radius 2 is 1.72 bits per heavy atom. The molecule has 4 N–H and O–H groups in total. The van der Waals surface area contributed by atoms with Crippen LogP contribution in [0.3, 0.4) is 0 Å². The summed E-state index contributed by atoms with van der Waals surface area (Å²) in [6.07, 6.45) is 0. The molecule has 1 aromatic rings. The quantitative estimate of drug-likeness (QED) is 0.351. The summed E-state index contributed by atoms with van der Waals surface area (Å²) in [5.41, 5.74) is 3.02. The zero-order valence-corrected chi connectivity index (χ0v) is 14.3. The van der Waals surface area contributed by atoms with E-state index in [1.807, 2.05) is 12.3 Å². The number of carbonyl (C=O) groups excluding carboxylic acids is 1. The van der Waals surface area contributed by atoms with Gasteiger partial charge in [0.25, 0.3) is 0 Å². The number of benzene rings is 1. The van der Waals surface area contributed by atoms with Gasteiger partial charge in [0.05, 0.1) is 5.56 Å². The van der Waals surface area contributed by atoms with Crippen LogP contribution in [-0.4, -0.2) is 17.0 Å². The second-order valence-electron chi connectivity index (χ2n) is 3.16. The van der Waals surface area contributed by atoms with Crippen molar-refractivity contribution >= 4 is 59.7 Å². The minimum atomic E-state index is -0.950. The maximum absolute atomic E-state index is 10.8. The molecule has 8 heteroatoms. The first-order valence-corrected chi connectivity index (χ1v) is 6.94. The number of hydrogen-bond donors (Lipinski definition) is 3. The number of halogens is 3. The number of rotatable bonds is 1. The van der Waals surface area contributed by atoms with E-state index in [0.717, 1.165) is 10.0 Å². The highest BCUT2D eigenvalue weighted by atomic mass is 79.9. The number of carbonyl (C=O) groups is 2. The number of carboxylic acids is 1. The zero-order chi connectivity index (χ0) is 14.5. The molecular formula is C10H11Br3N2O3. The van der Waals surface area contributed by atoms with Crippen LogP contribution in [0.5, 0.6) is 0 Å². The van der Waals surface area contributed by atoms with Crippen LogP contribution in [0.25, 0.3) is 0 Å². The lowest BCUT2D eigenvalue weighted by Gasteiger charge is -2.07. The predicted octanol–water partition coefficient (Wildman–Crippen LogP) is 2.98. The van der Waals surface area contributed by atoms with Gasteiger partial charge < -0.3 is 5.11 Å². The second-order valence-corrected chi connectivity index (χ2v) is 5.66. The maximum atomic E-state index is 10.8. The van der Waals surface area contributed by atoms with Crippen LogP contribution in [0.2, 0.25) is 0 Å². The SMILES string of the molecule is CC(=O)NN.Cc1c(Br)cc(Br)c(C(=O)O)c1Br. The molecule has 0 bridgehead atoms. The summed E-state index contributed by atoms with van der Waals surface area (Å²) in [4.78, 5) is 20.4. The van der Waals surface area contributed by atoms with E-state index < -0.39 is 5.97 Å². The normalized spacial score (nSPS) is 9.22. The number of nitrogens with two attached hydrogens (primary N) is 1. The lowest BCUT2D eigenvalue weighted by atomic mass is 10.1. The van der Waals surface area contributed by atoms with Crippen molar-refractivity contribution in [1.82, 2.24) is 5.43 Å². The standard InChI is InChI=1S/C8H5Br3O2.C2H6N2O/c1-3-4(9)2-5(10)6(7(3)11)8(12)13;1-2(5)4-3/h2H,1H3,(H,12,13);3H2,1H3,(H,4,5). The summed E-state index contributed by atoms with van der Waals surface area (Å²) in [6, 6.07) is 1.73. The van der Waals surface area contributed by atoms with Crippen molar-refractivity contribution in [3.05, 3.63) is 30.6 Å². The Balaban J connectivity index is 0.000000494. The number of hydrazine groups is 1. The molecule has 1 aromatic carbocycles. The predicted molar refractivity (Wildman–Crippen MR) is 79.2 cm³/mol. The molecule has 1 rings (SSSR count). The lowest BCUT2D eigenvalue weighted by molar-refractivity contribution is -0.119. The molecule has 5 nitrogen and oxygen atoms in total. The van der Waals surface area contributed by atoms with E-state index >= 15 is 0 Å². The lowest BCUT2D eigenvalue weighted by Crippen LogP contribution is -2.26. The molecule has 1 amide bonds. The number of carboxylic acid groups (broad SMARTS) is 1. The smallest absolute Gasteiger partial charge is 0.338 e. The third kappa shape index (κ3) is 5.05. The highest BCUT2D eigenvalue weighted by Crippen LogP contribution is 2.33. The largest absolute Gasteiger partial charge is 0.478 e. The van der Waals surface area contributed by atoms with E-state index in [-0.39, 0.29) is 11.5 Å². The van der Waals surface area contributed by atoms with Crippen molar-refractivity contribution in [2.24, 2.45) is 5.84 Å². The first kappa shape index (κ1) is 17.6. The van der Waals surface area contributed by atoms with Crippen LogP contribution in [0.1, 0.15) is 22.8 Å². The van der Waals surface area contributed by atoms with Gasteiger partial charge in [-0.2, -0.15) is 0 Å². The number of nitrogens with one attached hydrogen (secondary N) is 1. The van der Waals surface area contributed by atoms with Crippen LogP contribution in [0.15, 0.2) is 19.5 Å². The van der Waals surface area contributed by atoms with Gasteiger partial charge in [-0.25, -0.2) is 10.6 Å². The van der Waals surface area contributed by atoms with Crippen molar-refractivity contribution in [3.8, 4) is 0 Å². The summed E-state index contributed by atoms with van der Waals surface area (Å²) in [6.45, 7) is 3.19. The Morgan fingerprint density at radius 1 is 1.28 bits per heavy atom. The molecule has 0 atom stereocenters. The summed E-state index contributed by atoms with van der Waals surface area (Å²) < 4.78 is 2.03. The molecule has 0 aliphatic carbocycles. The summed E-state index contributed by atoms with van der Waals surface area (Å²) in [5, 5.41) is 8.89. The molecule has 0 radical (unpaired) electrons. The highest BCUT2D eigenvalue weighted by Gasteiger charge is 2.16. The number of hydrogen-bond acceptors (Lipinski definition) is 3. The molecule has 0 aliphatic heterocycles. The van der Waals surface area contributed by atoms with E-state index in [0.29, 0.717) is 8.95 Å². The van der Waals surface area contributed by atoms with Gasteiger partial charge in [0.15, 0.2) is 0 Å². The first-order valence-electron chi connectivity index (χ1n) is 4.56. The van der Waals surface area contributed by atoms with Crippen LogP contribution in [0.4, 0.5) is 0 Å². The Labute approximate surface area is 129 Å². The number of amides is 1. The van der Waals surface area contributed by atoms with Crippen LogP contribution >= 0.6 is 47.8 Å². The van der Waals surface area contributed by atoms with Crippen molar-refractivity contribution in [1.29, 1.82) is 0 Å². The van der Waals surface area contributed by atoms with Gasteiger partial charge in [0.1, 0.15) is 0 Å². The second kappa shape index (κ2) is 7.88. The van der Waals surface area contributed by atoms with E-state index in [9.17, 15) is 9.59 Å². The molecule has 0 unspecified atom stereocenters. The van der Waals surface area contributed by atoms with Gasteiger partial charge >= 0.3 is 5.97 Å². The van der Waals surface area contributed by atoms with E-state index in [1.54, 1.807) is 6.07 Å². The van der Waals surface area contributed by atoms with Crippen molar-refractivity contribution < 1.29 is 14.7 Å². The van der Waals surface area contributed by atoms with Gasteiger partial charge in [-0.1, -0.05) is 15.9 Å². The molecule has 0 spiro atoms. The molecule has 0 heterocycles. The fourth-order valence-electron chi connectivity index (χ4n) is 0.885. The molecule has 18 heavy (non-hydrogen) atoms. The highest BCUT2D eigenvalue weighted by molar-refractivity contribution is 9.11. The van der Waals surface area contributed by atoms with E-state index in [2.05, 4.69) is 53.6 Å². The first-order chi connectivity index (χ1) is 8.22. The van der Waals surface area contributed by atoms with Crippen molar-refractivity contribution in [2.75, 3.05) is 0 Å². The van der Waals surface area contributed by atoms with Crippen molar-refractivity contribution in [2.45, 2.75) is 13.8 Å². The summed E-state index contributed by atoms with van der Waals surface area (Å²) >= 11 is 9.76. The zero-order valence-electron chi connectivity index (χ0n) is 9.55. The van der Waals surface area contributed by atoms with Crippen LogP contribution in [-0.2, 0) is 4.79 Å². The van der Waals surface area contributed by atoms with Gasteiger partial charge in [0.2, 0.25) is 5.91 Å². The Bertz CT molecular complexity index is 478. The van der Waals surface area contributed by atoms with Crippen LogP contribution in [0, 0.1) is 6.92 Å². The molecule has 0 saturated heterocycles. The van der Waals surface area contributed by atoms with Crippen LogP contribution < -0.4 is 11.3 Å². The average molecular weight is 447 g/mol. The minimum absolute atomic E-state index is 0.218. The summed E-state index contributed by atoms with van der Waals surface area (Å²) in [7, 11) is 0. The number of aromatic carboxylic acids is 1.